The molecule has 1 atom stereocenters. The fourth-order valence-corrected chi connectivity index (χ4v) is 3.22. The maximum absolute atomic E-state index is 11.8. The first-order chi connectivity index (χ1) is 13.5. The average molecular weight is 517 g/mol. The van der Waals surface area contributed by atoms with Crippen molar-refractivity contribution < 1.29 is 9.53 Å². The van der Waals surface area contributed by atoms with Gasteiger partial charge < -0.3 is 25.6 Å². The van der Waals surface area contributed by atoms with Crippen LogP contribution in [0.15, 0.2) is 35.3 Å². The first kappa shape index (κ1) is 25.3. The number of carbonyl (C=O) groups excluding carboxylic acids is 1. The predicted molar refractivity (Wildman–Crippen MR) is 130 cm³/mol. The monoisotopic (exact) mass is 517 g/mol. The zero-order chi connectivity index (χ0) is 20.4. The summed E-state index contributed by atoms with van der Waals surface area (Å²) in [6.45, 7) is 8.86. The van der Waals surface area contributed by atoms with Gasteiger partial charge >= 0.3 is 6.09 Å². The number of benzene rings is 1. The van der Waals surface area contributed by atoms with E-state index in [2.05, 4.69) is 46.9 Å². The number of aliphatic imine (C=N–C) groups is 1. The lowest BCUT2D eigenvalue weighted by atomic mass is 10.0. The van der Waals surface area contributed by atoms with Gasteiger partial charge in [-0.3, -0.25) is 4.99 Å². The highest BCUT2D eigenvalue weighted by molar-refractivity contribution is 14.0. The third-order valence-electron chi connectivity index (χ3n) is 5.01. The molecule has 1 fully saturated rings. The van der Waals surface area contributed by atoms with Crippen LogP contribution >= 0.6 is 24.0 Å². The number of nitrogens with one attached hydrogen (secondary N) is 3. The van der Waals surface area contributed by atoms with E-state index in [4.69, 9.17) is 4.74 Å². The minimum atomic E-state index is -0.213. The summed E-state index contributed by atoms with van der Waals surface area (Å²) in [5.74, 6) is 1.27. The largest absolute Gasteiger partial charge is 0.450 e. The number of carbonyl (C=O) groups is 1. The van der Waals surface area contributed by atoms with E-state index >= 15 is 0 Å². The topological polar surface area (TPSA) is 78.0 Å². The number of anilines is 1. The fourth-order valence-electron chi connectivity index (χ4n) is 3.22. The Morgan fingerprint density at radius 3 is 2.45 bits per heavy atom. The number of halogens is 1. The number of amides is 1. The summed E-state index contributed by atoms with van der Waals surface area (Å²) in [6.07, 6.45) is 1.56. The molecule has 1 aromatic rings. The van der Waals surface area contributed by atoms with E-state index in [-0.39, 0.29) is 36.1 Å². The second kappa shape index (κ2) is 13.5. The molecule has 0 spiro atoms. The number of likely N-dealkylation sites (tertiary alicyclic amines) is 1. The Hall–Kier alpha value is -1.71. The van der Waals surface area contributed by atoms with Crippen molar-refractivity contribution in [1.82, 2.24) is 15.5 Å². The molecule has 1 saturated heterocycles. The van der Waals surface area contributed by atoms with Crippen molar-refractivity contribution in [2.24, 2.45) is 10.9 Å². The summed E-state index contributed by atoms with van der Waals surface area (Å²) in [5.41, 5.74) is 1.12. The molecule has 0 saturated carbocycles. The Balaban J connectivity index is 0.00000420. The van der Waals surface area contributed by atoms with Crippen LogP contribution in [0.1, 0.15) is 33.6 Å². The Kier molecular flexibility index (Phi) is 11.8. The van der Waals surface area contributed by atoms with Crippen molar-refractivity contribution in [1.29, 1.82) is 0 Å². The normalized spacial score (nSPS) is 16.0. The van der Waals surface area contributed by atoms with E-state index in [1.165, 1.54) is 0 Å². The van der Waals surface area contributed by atoms with Crippen molar-refractivity contribution in [3.05, 3.63) is 30.3 Å². The third-order valence-corrected chi connectivity index (χ3v) is 5.01. The van der Waals surface area contributed by atoms with Crippen LogP contribution < -0.4 is 16.0 Å². The molecule has 164 valence electrons. The maximum Gasteiger partial charge on any atom is 0.409 e. The van der Waals surface area contributed by atoms with E-state index < -0.39 is 0 Å². The van der Waals surface area contributed by atoms with E-state index in [1.54, 1.807) is 11.9 Å². The first-order valence-corrected chi connectivity index (χ1v) is 10.2. The zero-order valence-corrected chi connectivity index (χ0v) is 20.3. The number of guanidine groups is 1. The van der Waals surface area contributed by atoms with Gasteiger partial charge in [-0.25, -0.2) is 4.79 Å². The first-order valence-electron chi connectivity index (χ1n) is 10.2. The van der Waals surface area contributed by atoms with E-state index in [0.29, 0.717) is 31.7 Å². The van der Waals surface area contributed by atoms with Crippen molar-refractivity contribution in [3.8, 4) is 0 Å². The molecule has 7 nitrogen and oxygen atoms in total. The SMILES string of the molecule is CCOC(=O)N1CCC(NC(=NC)NCC(Nc2ccccc2)C(C)C)CC1.I. The molecule has 1 aliphatic heterocycles. The van der Waals surface area contributed by atoms with Crippen molar-refractivity contribution >= 4 is 41.7 Å². The Bertz CT molecular complexity index is 619. The second-order valence-electron chi connectivity index (χ2n) is 7.42. The van der Waals surface area contributed by atoms with Crippen molar-refractivity contribution in [3.63, 3.8) is 0 Å². The van der Waals surface area contributed by atoms with Crippen LogP contribution in [0.3, 0.4) is 0 Å². The van der Waals surface area contributed by atoms with Gasteiger partial charge in [0.25, 0.3) is 0 Å². The van der Waals surface area contributed by atoms with Gasteiger partial charge in [0.1, 0.15) is 0 Å². The molecule has 1 amide bonds. The third kappa shape index (κ3) is 8.67. The summed E-state index contributed by atoms with van der Waals surface area (Å²) in [4.78, 5) is 18.0. The fraction of sp³-hybridized carbons (Fsp3) is 0.619. The molecule has 0 bridgehead atoms. The molecule has 1 heterocycles. The molecule has 29 heavy (non-hydrogen) atoms. The number of rotatable bonds is 7. The van der Waals surface area contributed by atoms with E-state index in [0.717, 1.165) is 31.0 Å². The molecular weight excluding hydrogens is 481 g/mol. The average Bonchev–Trinajstić information content (AvgIpc) is 2.71. The number of ether oxygens (including phenoxy) is 1. The zero-order valence-electron chi connectivity index (χ0n) is 18.0. The molecule has 0 aromatic heterocycles. The van der Waals surface area contributed by atoms with Gasteiger partial charge in [-0.2, -0.15) is 0 Å². The van der Waals surface area contributed by atoms with Crippen LogP contribution in [0.25, 0.3) is 0 Å². The van der Waals surface area contributed by atoms with Crippen LogP contribution in [-0.4, -0.2) is 62.3 Å². The molecular formula is C21H36IN5O2. The lowest BCUT2D eigenvalue weighted by Gasteiger charge is -2.32. The summed E-state index contributed by atoms with van der Waals surface area (Å²) in [6, 6.07) is 10.8. The lowest BCUT2D eigenvalue weighted by Crippen LogP contribution is -2.51. The van der Waals surface area contributed by atoms with Crippen molar-refractivity contribution in [2.45, 2.75) is 45.7 Å². The molecule has 0 aliphatic carbocycles. The number of piperidine rings is 1. The molecule has 1 unspecified atom stereocenters. The van der Waals surface area contributed by atoms with Crippen LogP contribution in [0.4, 0.5) is 10.5 Å². The van der Waals surface area contributed by atoms with Gasteiger partial charge in [0.05, 0.1) is 6.61 Å². The van der Waals surface area contributed by atoms with Gasteiger partial charge in [-0.15, -0.1) is 24.0 Å². The Labute approximate surface area is 192 Å². The van der Waals surface area contributed by atoms with Gasteiger partial charge in [-0.05, 0) is 37.8 Å². The van der Waals surface area contributed by atoms with Crippen LogP contribution in [-0.2, 0) is 4.74 Å². The number of hydrogen-bond acceptors (Lipinski definition) is 4. The quantitative estimate of drug-likeness (QED) is 0.293. The minimum absolute atomic E-state index is 0. The van der Waals surface area contributed by atoms with E-state index in [1.807, 2.05) is 25.1 Å². The van der Waals surface area contributed by atoms with Gasteiger partial charge in [-0.1, -0.05) is 32.0 Å². The molecule has 1 aromatic carbocycles. The van der Waals surface area contributed by atoms with Crippen LogP contribution in [0.2, 0.25) is 0 Å². The van der Waals surface area contributed by atoms with Crippen LogP contribution in [0.5, 0.6) is 0 Å². The number of hydrogen-bond donors (Lipinski definition) is 3. The summed E-state index contributed by atoms with van der Waals surface area (Å²) in [7, 11) is 1.79. The highest BCUT2D eigenvalue weighted by Crippen LogP contribution is 2.13. The summed E-state index contributed by atoms with van der Waals surface area (Å²) in [5, 5.41) is 10.5. The van der Waals surface area contributed by atoms with Gasteiger partial charge in [0, 0.05) is 44.5 Å². The van der Waals surface area contributed by atoms with Crippen LogP contribution in [0, 0.1) is 5.92 Å². The number of nitrogens with zero attached hydrogens (tertiary/aromatic N) is 2. The number of para-hydroxylation sites is 1. The lowest BCUT2D eigenvalue weighted by molar-refractivity contribution is 0.0963. The predicted octanol–water partition coefficient (Wildman–Crippen LogP) is 3.53. The molecule has 2 rings (SSSR count). The highest BCUT2D eigenvalue weighted by Gasteiger charge is 2.24. The highest BCUT2D eigenvalue weighted by atomic mass is 127. The smallest absolute Gasteiger partial charge is 0.409 e. The Morgan fingerprint density at radius 1 is 1.24 bits per heavy atom. The minimum Gasteiger partial charge on any atom is -0.450 e. The summed E-state index contributed by atoms with van der Waals surface area (Å²) >= 11 is 0. The standard InChI is InChI=1S/C21H35N5O2.HI/c1-5-28-21(27)26-13-11-18(12-14-26)25-20(22-4)23-15-19(16(2)3)24-17-9-7-6-8-10-17;/h6-10,16,18-19,24H,5,11-15H2,1-4H3,(H2,22,23,25);1H. The van der Waals surface area contributed by atoms with Crippen molar-refractivity contribution in [2.75, 3.05) is 38.6 Å². The second-order valence-corrected chi connectivity index (χ2v) is 7.42. The van der Waals surface area contributed by atoms with Gasteiger partial charge in [0.2, 0.25) is 0 Å². The molecule has 0 radical (unpaired) electrons. The van der Waals surface area contributed by atoms with E-state index in [9.17, 15) is 4.79 Å². The molecule has 3 N–H and O–H groups in total. The summed E-state index contributed by atoms with van der Waals surface area (Å²) < 4.78 is 5.08. The Morgan fingerprint density at radius 2 is 1.90 bits per heavy atom. The maximum atomic E-state index is 11.8. The molecule has 1 aliphatic rings. The molecule has 8 heteroatoms. The van der Waals surface area contributed by atoms with Gasteiger partial charge in [0.15, 0.2) is 5.96 Å².